The van der Waals surface area contributed by atoms with Gasteiger partial charge in [0.05, 0.1) is 23.9 Å². The quantitative estimate of drug-likeness (QED) is 0.418. The van der Waals surface area contributed by atoms with Crippen LogP contribution in [0, 0.1) is 17.8 Å². The zero-order chi connectivity index (χ0) is 27.4. The predicted octanol–water partition coefficient (Wildman–Crippen LogP) is 3.58. The zero-order valence-corrected chi connectivity index (χ0v) is 22.6. The molecule has 1 unspecified atom stereocenters. The average Bonchev–Trinajstić information content (AvgIpc) is 3.68. The van der Waals surface area contributed by atoms with Crippen LogP contribution in [-0.4, -0.2) is 55.1 Å². The molecule has 3 heterocycles. The normalized spacial score (nSPS) is 27.1. The van der Waals surface area contributed by atoms with Gasteiger partial charge in [0, 0.05) is 10.9 Å². The number of aromatic nitrogens is 2. The molecule has 4 amide bonds. The van der Waals surface area contributed by atoms with E-state index in [2.05, 4.69) is 14.9 Å². The highest BCUT2D eigenvalue weighted by atomic mass is 32.1. The predicted molar refractivity (Wildman–Crippen MR) is 143 cm³/mol. The van der Waals surface area contributed by atoms with Crippen molar-refractivity contribution in [2.75, 3.05) is 6.54 Å². The number of imide groups is 1. The summed E-state index contributed by atoms with van der Waals surface area (Å²) < 4.78 is 9.53. The Hall–Kier alpha value is -3.86. The van der Waals surface area contributed by atoms with E-state index in [-0.39, 0.29) is 29.1 Å². The van der Waals surface area contributed by atoms with Crippen LogP contribution >= 0.6 is 11.5 Å². The minimum atomic E-state index is -1.10. The molecule has 4 bridgehead atoms. The molecule has 206 valence electrons. The summed E-state index contributed by atoms with van der Waals surface area (Å²) in [7, 11) is 0. The lowest BCUT2D eigenvalue weighted by Crippen LogP contribution is -2.61. The fraction of sp³-hybridized carbons (Fsp3) is 0.448. The van der Waals surface area contributed by atoms with Crippen LogP contribution in [0.4, 0.5) is 0 Å². The monoisotopic (exact) mass is 559 g/mol. The van der Waals surface area contributed by atoms with Crippen molar-refractivity contribution in [2.45, 2.75) is 56.7 Å². The summed E-state index contributed by atoms with van der Waals surface area (Å²) in [6.45, 7) is -0.544. The molecule has 5 aliphatic rings. The van der Waals surface area contributed by atoms with E-state index < -0.39 is 30.3 Å². The third-order valence-corrected chi connectivity index (χ3v) is 9.56. The van der Waals surface area contributed by atoms with Gasteiger partial charge in [0.1, 0.15) is 18.0 Å². The van der Waals surface area contributed by atoms with Gasteiger partial charge >= 0.3 is 0 Å². The van der Waals surface area contributed by atoms with Crippen molar-refractivity contribution in [2.24, 2.45) is 17.8 Å². The van der Waals surface area contributed by atoms with Gasteiger partial charge in [-0.3, -0.25) is 24.1 Å². The highest BCUT2D eigenvalue weighted by Gasteiger charge is 2.52. The van der Waals surface area contributed by atoms with Crippen LogP contribution in [0.5, 0.6) is 0 Å². The van der Waals surface area contributed by atoms with Gasteiger partial charge in [0.2, 0.25) is 11.8 Å². The molecule has 0 saturated heterocycles. The molecule has 4 aliphatic carbocycles. The van der Waals surface area contributed by atoms with Crippen molar-refractivity contribution >= 4 is 35.2 Å². The van der Waals surface area contributed by atoms with Gasteiger partial charge in [-0.25, -0.2) is 0 Å². The minimum absolute atomic E-state index is 0.0362. The van der Waals surface area contributed by atoms with Gasteiger partial charge in [0.25, 0.3) is 11.8 Å². The van der Waals surface area contributed by atoms with E-state index in [0.29, 0.717) is 29.2 Å². The van der Waals surface area contributed by atoms with Gasteiger partial charge in [-0.05, 0) is 92.1 Å². The first kappa shape index (κ1) is 25.1. The maximum atomic E-state index is 14.2. The van der Waals surface area contributed by atoms with E-state index in [1.165, 1.54) is 30.4 Å². The number of nitrogens with zero attached hydrogens (tertiary/aromatic N) is 4. The van der Waals surface area contributed by atoms with E-state index in [9.17, 15) is 19.2 Å². The molecule has 0 radical (unpaired) electrons. The Balaban J connectivity index is 1.20. The largest absolute Gasteiger partial charge is 0.467 e. The highest BCUT2D eigenvalue weighted by Crippen LogP contribution is 2.55. The smallest absolute Gasteiger partial charge is 0.262 e. The Kier molecular flexibility index (Phi) is 6.06. The number of hydrogen-bond donors (Lipinski definition) is 1. The second-order valence-electron chi connectivity index (χ2n) is 11.8. The summed E-state index contributed by atoms with van der Waals surface area (Å²) in [6, 6.07) is 8.83. The number of benzene rings is 1. The first-order valence-electron chi connectivity index (χ1n) is 13.8. The van der Waals surface area contributed by atoms with Gasteiger partial charge in [-0.1, -0.05) is 16.6 Å². The van der Waals surface area contributed by atoms with Crippen molar-refractivity contribution < 1.29 is 23.6 Å². The minimum Gasteiger partial charge on any atom is -0.467 e. The van der Waals surface area contributed by atoms with Crippen molar-refractivity contribution in [3.8, 4) is 0 Å². The van der Waals surface area contributed by atoms with Gasteiger partial charge in [-0.2, -0.15) is 0 Å². The Labute approximate surface area is 234 Å². The molecular formula is C29H29N5O5S. The summed E-state index contributed by atoms with van der Waals surface area (Å²) in [5.41, 5.74) is 0.583. The van der Waals surface area contributed by atoms with Crippen molar-refractivity contribution in [3.63, 3.8) is 0 Å². The highest BCUT2D eigenvalue weighted by molar-refractivity contribution is 7.03. The standard InChI is InChI=1S/C29H29N5O5S/c35-24(15-34-27(37)21-5-1-2-6-22(21)28(34)38)33(14-20-4-3-7-39-20)25(23-16-40-32-31-23)26(36)30-29-11-17-8-18(12-29)10-19(9-17)13-29/h1-7,16-19,25H,8-15H2,(H,30,36). The number of carbonyl (C=O) groups excluding carboxylic acids is 4. The maximum absolute atomic E-state index is 14.2. The van der Waals surface area contributed by atoms with Crippen molar-refractivity contribution in [1.29, 1.82) is 0 Å². The topological polar surface area (TPSA) is 126 Å². The van der Waals surface area contributed by atoms with Crippen LogP contribution in [-0.2, 0) is 16.1 Å². The molecule has 40 heavy (non-hydrogen) atoms. The number of carbonyl (C=O) groups is 4. The Morgan fingerprint density at radius 3 is 2.23 bits per heavy atom. The Bertz CT molecular complexity index is 1400. The van der Waals surface area contributed by atoms with E-state index in [1.807, 2.05) is 0 Å². The third-order valence-electron chi connectivity index (χ3n) is 9.04. The summed E-state index contributed by atoms with van der Waals surface area (Å²) in [4.78, 5) is 56.6. The van der Waals surface area contributed by atoms with Gasteiger partial charge in [-0.15, -0.1) is 5.10 Å². The van der Waals surface area contributed by atoms with E-state index in [0.717, 1.165) is 35.7 Å². The van der Waals surface area contributed by atoms with Crippen molar-refractivity contribution in [3.05, 3.63) is 70.6 Å². The summed E-state index contributed by atoms with van der Waals surface area (Å²) >= 11 is 1.10. The Morgan fingerprint density at radius 2 is 1.68 bits per heavy atom. The fourth-order valence-electron chi connectivity index (χ4n) is 7.82. The van der Waals surface area contributed by atoms with E-state index >= 15 is 0 Å². The number of nitrogens with one attached hydrogen (secondary N) is 1. The van der Waals surface area contributed by atoms with Crippen LogP contribution in [0.1, 0.15) is 76.7 Å². The van der Waals surface area contributed by atoms with Crippen LogP contribution in [0.15, 0.2) is 52.5 Å². The van der Waals surface area contributed by atoms with Gasteiger partial charge < -0.3 is 14.6 Å². The molecule has 1 aromatic carbocycles. The fourth-order valence-corrected chi connectivity index (χ4v) is 8.30. The lowest BCUT2D eigenvalue weighted by atomic mass is 9.53. The molecule has 8 rings (SSSR count). The van der Waals surface area contributed by atoms with Crippen LogP contribution in [0.25, 0.3) is 0 Å². The summed E-state index contributed by atoms with van der Waals surface area (Å²) in [5.74, 6) is 0.392. The molecule has 4 saturated carbocycles. The number of fused-ring (bicyclic) bond motifs is 1. The lowest BCUT2D eigenvalue weighted by Gasteiger charge is -2.57. The molecule has 3 aromatic rings. The van der Waals surface area contributed by atoms with Gasteiger partial charge in [0.15, 0.2) is 6.04 Å². The van der Waals surface area contributed by atoms with E-state index in [1.54, 1.807) is 41.8 Å². The second kappa shape index (κ2) is 9.65. The molecule has 10 nitrogen and oxygen atoms in total. The molecule has 2 aromatic heterocycles. The summed E-state index contributed by atoms with van der Waals surface area (Å²) in [5, 5.41) is 9.23. The molecule has 1 N–H and O–H groups in total. The molecule has 4 fully saturated rings. The molecule has 1 atom stereocenters. The molecule has 0 spiro atoms. The summed E-state index contributed by atoms with van der Waals surface area (Å²) in [6.07, 6.45) is 8.06. The second-order valence-corrected chi connectivity index (χ2v) is 12.4. The first-order valence-corrected chi connectivity index (χ1v) is 14.6. The SMILES string of the molecule is O=C(NC12CC3CC(CC(C3)C1)C2)C(c1csnn1)N(Cc1ccco1)C(=O)CN1C(=O)c2ccccc2C1=O. The van der Waals surface area contributed by atoms with E-state index in [4.69, 9.17) is 4.42 Å². The molecule has 1 aliphatic heterocycles. The van der Waals surface area contributed by atoms with Crippen LogP contribution in [0.2, 0.25) is 0 Å². The maximum Gasteiger partial charge on any atom is 0.262 e. The zero-order valence-electron chi connectivity index (χ0n) is 21.8. The average molecular weight is 560 g/mol. The lowest BCUT2D eigenvalue weighted by molar-refractivity contribution is -0.144. The number of furan rings is 1. The number of rotatable bonds is 8. The number of amides is 4. The van der Waals surface area contributed by atoms with Crippen molar-refractivity contribution in [1.82, 2.24) is 24.7 Å². The Morgan fingerprint density at radius 1 is 1.02 bits per heavy atom. The number of hydrogen-bond acceptors (Lipinski definition) is 8. The van der Waals surface area contributed by atoms with Crippen LogP contribution in [0.3, 0.4) is 0 Å². The first-order chi connectivity index (χ1) is 19.4. The molecule has 11 heteroatoms. The molecular weight excluding hydrogens is 530 g/mol. The van der Waals surface area contributed by atoms with Crippen LogP contribution < -0.4 is 5.32 Å². The third kappa shape index (κ3) is 4.32.